The van der Waals surface area contributed by atoms with Gasteiger partial charge in [-0.25, -0.2) is 4.79 Å². The Balaban J connectivity index is 1.17. The van der Waals surface area contributed by atoms with Gasteiger partial charge in [-0.15, -0.1) is 0 Å². The van der Waals surface area contributed by atoms with E-state index in [0.717, 1.165) is 30.6 Å². The number of ether oxygens (including phenoxy) is 2. The van der Waals surface area contributed by atoms with Crippen LogP contribution in [0.2, 0.25) is 0 Å². The Labute approximate surface area is 219 Å². The van der Waals surface area contributed by atoms with E-state index >= 15 is 0 Å². The maximum Gasteiger partial charge on any atom is 0.410 e. The average molecular weight is 498 g/mol. The summed E-state index contributed by atoms with van der Waals surface area (Å²) in [5, 5.41) is 11.7. The molecule has 2 atom stereocenters. The molecule has 0 spiro atoms. The van der Waals surface area contributed by atoms with Gasteiger partial charge in [0.05, 0.1) is 11.7 Å². The first kappa shape index (κ1) is 24.1. The molecule has 0 aromatic heterocycles. The van der Waals surface area contributed by atoms with Crippen molar-refractivity contribution in [3.05, 3.63) is 89.5 Å². The number of hydrogen-bond acceptors (Lipinski definition) is 4. The second-order valence-corrected chi connectivity index (χ2v) is 11.1. The first-order valence-corrected chi connectivity index (χ1v) is 13.6. The molecule has 37 heavy (non-hydrogen) atoms. The van der Waals surface area contributed by atoms with Gasteiger partial charge in [0.2, 0.25) is 0 Å². The maximum absolute atomic E-state index is 13.5. The smallest absolute Gasteiger partial charge is 0.410 e. The summed E-state index contributed by atoms with van der Waals surface area (Å²) in [6.45, 7) is 4.33. The molecule has 2 heterocycles. The van der Waals surface area contributed by atoms with Crippen LogP contribution < -0.4 is 4.74 Å². The number of amides is 1. The van der Waals surface area contributed by atoms with Crippen LogP contribution in [0.1, 0.15) is 68.6 Å². The van der Waals surface area contributed by atoms with Gasteiger partial charge in [-0.3, -0.25) is 0 Å². The van der Waals surface area contributed by atoms with Crippen molar-refractivity contribution in [1.82, 2.24) is 4.90 Å². The maximum atomic E-state index is 13.5. The van der Waals surface area contributed by atoms with Gasteiger partial charge >= 0.3 is 6.09 Å². The van der Waals surface area contributed by atoms with E-state index in [1.165, 1.54) is 22.3 Å². The van der Waals surface area contributed by atoms with Crippen LogP contribution in [0.4, 0.5) is 4.79 Å². The molecule has 192 valence electrons. The second-order valence-electron chi connectivity index (χ2n) is 11.1. The molecule has 1 N–H and O–H groups in total. The molecule has 5 heteroatoms. The Morgan fingerprint density at radius 2 is 1.49 bits per heavy atom. The van der Waals surface area contributed by atoms with E-state index in [1.54, 1.807) is 0 Å². The first-order valence-electron chi connectivity index (χ1n) is 13.6. The SMILES string of the molecule is CC(C)Oc1ccc(C2(O)CC3CCCC(C2)N3C(=O)OCC2c3ccccc3-c3ccccc32)cc1. The molecule has 1 aliphatic carbocycles. The molecule has 3 aliphatic rings. The quantitative estimate of drug-likeness (QED) is 0.430. The van der Waals surface area contributed by atoms with Gasteiger partial charge in [0.25, 0.3) is 0 Å². The van der Waals surface area contributed by atoms with Crippen molar-refractivity contribution < 1.29 is 19.4 Å². The number of carbonyl (C=O) groups is 1. The van der Waals surface area contributed by atoms with Crippen molar-refractivity contribution in [2.45, 2.75) is 75.7 Å². The van der Waals surface area contributed by atoms with Crippen LogP contribution in [0.3, 0.4) is 0 Å². The summed E-state index contributed by atoms with van der Waals surface area (Å²) >= 11 is 0. The van der Waals surface area contributed by atoms with E-state index < -0.39 is 5.60 Å². The molecule has 6 rings (SSSR count). The van der Waals surface area contributed by atoms with Crippen LogP contribution in [-0.2, 0) is 10.3 Å². The first-order chi connectivity index (χ1) is 17.9. The minimum Gasteiger partial charge on any atom is -0.491 e. The molecule has 2 unspecified atom stereocenters. The zero-order chi connectivity index (χ0) is 25.6. The highest BCUT2D eigenvalue weighted by molar-refractivity contribution is 5.79. The van der Waals surface area contributed by atoms with Crippen LogP contribution in [0.5, 0.6) is 5.75 Å². The number of rotatable bonds is 5. The fraction of sp³-hybridized carbons (Fsp3) is 0.406. The van der Waals surface area contributed by atoms with Crippen molar-refractivity contribution in [2.24, 2.45) is 0 Å². The molecule has 0 saturated carbocycles. The van der Waals surface area contributed by atoms with Crippen LogP contribution >= 0.6 is 0 Å². The standard InChI is InChI=1S/C32H35NO4/c1-21(2)37-25-16-14-22(15-17-25)32(35)18-23-8-7-9-24(19-32)33(23)31(34)36-20-30-28-12-5-3-10-26(28)27-11-4-6-13-29(27)30/h3-6,10-17,21,23-24,30,35H,7-9,18-20H2,1-2H3. The normalized spacial score (nSPS) is 24.5. The zero-order valence-corrected chi connectivity index (χ0v) is 21.6. The second kappa shape index (κ2) is 9.53. The van der Waals surface area contributed by atoms with Gasteiger partial charge in [0.1, 0.15) is 12.4 Å². The van der Waals surface area contributed by atoms with Crippen molar-refractivity contribution in [1.29, 1.82) is 0 Å². The molecule has 2 aliphatic heterocycles. The van der Waals surface area contributed by atoms with Gasteiger partial charge in [0.15, 0.2) is 0 Å². The molecule has 2 saturated heterocycles. The summed E-state index contributed by atoms with van der Waals surface area (Å²) in [5.41, 5.74) is 4.83. The monoisotopic (exact) mass is 497 g/mol. The Bertz CT molecular complexity index is 1220. The fourth-order valence-corrected chi connectivity index (χ4v) is 6.75. The number of carbonyl (C=O) groups excluding carboxylic acids is 1. The van der Waals surface area contributed by atoms with Gasteiger partial charge in [-0.05, 0) is 73.1 Å². The van der Waals surface area contributed by atoms with Gasteiger partial charge in [-0.1, -0.05) is 60.7 Å². The van der Waals surface area contributed by atoms with E-state index in [0.29, 0.717) is 19.4 Å². The molecule has 2 fully saturated rings. The molecule has 3 aromatic rings. The van der Waals surface area contributed by atoms with Crippen LogP contribution in [0, 0.1) is 0 Å². The minimum atomic E-state index is -0.952. The van der Waals surface area contributed by atoms with Crippen molar-refractivity contribution in [2.75, 3.05) is 6.61 Å². The van der Waals surface area contributed by atoms with Crippen molar-refractivity contribution in [3.8, 4) is 16.9 Å². The number of hydrogen-bond donors (Lipinski definition) is 1. The molecular weight excluding hydrogens is 462 g/mol. The highest BCUT2D eigenvalue weighted by atomic mass is 16.6. The lowest BCUT2D eigenvalue weighted by Crippen LogP contribution is -2.59. The van der Waals surface area contributed by atoms with E-state index in [9.17, 15) is 9.90 Å². The molecule has 3 aromatic carbocycles. The minimum absolute atomic E-state index is 0.0280. The lowest BCUT2D eigenvalue weighted by Gasteiger charge is -2.51. The Morgan fingerprint density at radius 1 is 0.919 bits per heavy atom. The molecule has 0 radical (unpaired) electrons. The Morgan fingerprint density at radius 3 is 2.05 bits per heavy atom. The lowest BCUT2D eigenvalue weighted by atomic mass is 9.72. The number of fused-ring (bicyclic) bond motifs is 5. The van der Waals surface area contributed by atoms with E-state index in [2.05, 4.69) is 48.5 Å². The number of nitrogens with zero attached hydrogens (tertiary/aromatic N) is 1. The van der Waals surface area contributed by atoms with Crippen LogP contribution in [-0.4, -0.2) is 40.9 Å². The highest BCUT2D eigenvalue weighted by Crippen LogP contribution is 2.46. The summed E-state index contributed by atoms with van der Waals surface area (Å²) in [7, 11) is 0. The van der Waals surface area contributed by atoms with Crippen LogP contribution in [0.15, 0.2) is 72.8 Å². The number of piperidine rings is 2. The molecule has 5 nitrogen and oxygen atoms in total. The van der Waals surface area contributed by atoms with E-state index in [-0.39, 0.29) is 30.2 Å². The lowest BCUT2D eigenvalue weighted by molar-refractivity contribution is -0.0891. The third-order valence-electron chi connectivity index (χ3n) is 8.32. The largest absolute Gasteiger partial charge is 0.491 e. The summed E-state index contributed by atoms with van der Waals surface area (Å²) in [5.74, 6) is 0.850. The Kier molecular flexibility index (Phi) is 6.20. The molecule has 2 bridgehead atoms. The predicted molar refractivity (Wildman–Crippen MR) is 144 cm³/mol. The van der Waals surface area contributed by atoms with Gasteiger partial charge in [0, 0.05) is 30.8 Å². The van der Waals surface area contributed by atoms with Gasteiger partial charge in [-0.2, -0.15) is 0 Å². The fourth-order valence-electron chi connectivity index (χ4n) is 6.75. The predicted octanol–water partition coefficient (Wildman–Crippen LogP) is 6.63. The summed E-state index contributed by atoms with van der Waals surface area (Å²) < 4.78 is 11.8. The van der Waals surface area contributed by atoms with Crippen molar-refractivity contribution >= 4 is 6.09 Å². The Hall–Kier alpha value is -3.31. The van der Waals surface area contributed by atoms with Gasteiger partial charge < -0.3 is 19.5 Å². The number of aliphatic hydroxyl groups is 1. The summed E-state index contributed by atoms with van der Waals surface area (Å²) in [6, 6.07) is 24.5. The highest BCUT2D eigenvalue weighted by Gasteiger charge is 2.48. The van der Waals surface area contributed by atoms with E-state index in [1.807, 2.05) is 43.0 Å². The zero-order valence-electron chi connectivity index (χ0n) is 21.6. The average Bonchev–Trinajstić information content (AvgIpc) is 3.20. The number of benzene rings is 3. The van der Waals surface area contributed by atoms with Crippen molar-refractivity contribution in [3.63, 3.8) is 0 Å². The third-order valence-corrected chi connectivity index (χ3v) is 8.32. The van der Waals surface area contributed by atoms with E-state index in [4.69, 9.17) is 9.47 Å². The topological polar surface area (TPSA) is 59.0 Å². The molecule has 1 amide bonds. The molecular formula is C32H35NO4. The summed E-state index contributed by atoms with van der Waals surface area (Å²) in [6.07, 6.45) is 3.75. The third kappa shape index (κ3) is 4.40. The van der Waals surface area contributed by atoms with Crippen LogP contribution in [0.25, 0.3) is 11.1 Å². The summed E-state index contributed by atoms with van der Waals surface area (Å²) in [4.78, 5) is 15.4.